The summed E-state index contributed by atoms with van der Waals surface area (Å²) in [7, 11) is 0. The van der Waals surface area contributed by atoms with E-state index in [4.69, 9.17) is 22.1 Å². The number of nitrogens with two attached hydrogens (primary N) is 1. The molecule has 2 N–H and O–H groups in total. The molecule has 1 heterocycles. The number of para-hydroxylation sites is 1. The zero-order chi connectivity index (χ0) is 24.4. The number of hydrogen-bond donors (Lipinski definition) is 1. The number of hydrazone groups is 1. The van der Waals surface area contributed by atoms with E-state index in [0.717, 1.165) is 16.8 Å². The summed E-state index contributed by atoms with van der Waals surface area (Å²) in [6, 6.07) is 13.9. The summed E-state index contributed by atoms with van der Waals surface area (Å²) in [4.78, 5) is 24.5. The van der Waals surface area contributed by atoms with Crippen LogP contribution in [0.4, 0.5) is 13.2 Å². The SMILES string of the molecule is NC(=O)COc1ccccc1[C@H]1SC(c2ccc(Cl)cc2)=NN1C(=O)c1c(F)cc(F)cc1F. The van der Waals surface area contributed by atoms with Crippen LogP contribution in [0.15, 0.2) is 65.8 Å². The van der Waals surface area contributed by atoms with E-state index < -0.39 is 46.8 Å². The lowest BCUT2D eigenvalue weighted by Crippen LogP contribution is -2.28. The number of hydrogen-bond acceptors (Lipinski definition) is 5. The fraction of sp³-hybridized carbons (Fsp3) is 0.0870. The first-order chi connectivity index (χ1) is 16.2. The van der Waals surface area contributed by atoms with Gasteiger partial charge in [-0.25, -0.2) is 18.2 Å². The van der Waals surface area contributed by atoms with E-state index >= 15 is 0 Å². The molecular formula is C23H15ClF3N3O3S. The summed E-state index contributed by atoms with van der Waals surface area (Å²) in [6.45, 7) is -0.422. The van der Waals surface area contributed by atoms with E-state index in [1.54, 1.807) is 48.5 Å². The number of halogens is 4. The summed E-state index contributed by atoms with van der Waals surface area (Å²) in [6.07, 6.45) is 0. The molecule has 0 saturated carbocycles. The maximum atomic E-state index is 14.4. The fourth-order valence-corrected chi connectivity index (χ4v) is 4.53. The first kappa shape index (κ1) is 23.7. The molecule has 3 aromatic carbocycles. The number of carbonyl (C=O) groups is 2. The van der Waals surface area contributed by atoms with Gasteiger partial charge < -0.3 is 10.5 Å². The molecule has 0 fully saturated rings. The fourth-order valence-electron chi connectivity index (χ4n) is 3.22. The van der Waals surface area contributed by atoms with Crippen LogP contribution in [0, 0.1) is 17.5 Å². The average molecular weight is 506 g/mol. The van der Waals surface area contributed by atoms with Crippen LogP contribution in [0.1, 0.15) is 26.9 Å². The van der Waals surface area contributed by atoms with Gasteiger partial charge in [0.25, 0.3) is 11.8 Å². The second-order valence-electron chi connectivity index (χ2n) is 7.07. The van der Waals surface area contributed by atoms with Gasteiger partial charge in [0.1, 0.15) is 39.2 Å². The van der Waals surface area contributed by atoms with E-state index in [0.29, 0.717) is 33.3 Å². The number of nitrogens with zero attached hydrogens (tertiary/aromatic N) is 2. The summed E-state index contributed by atoms with van der Waals surface area (Å²) in [5.41, 5.74) is 5.22. The smallest absolute Gasteiger partial charge is 0.281 e. The van der Waals surface area contributed by atoms with Gasteiger partial charge in [0.05, 0.1) is 0 Å². The van der Waals surface area contributed by atoms with Crippen LogP contribution in [0.25, 0.3) is 0 Å². The Morgan fingerprint density at radius 2 is 1.71 bits per heavy atom. The zero-order valence-corrected chi connectivity index (χ0v) is 18.7. The molecule has 1 aliphatic rings. The Morgan fingerprint density at radius 1 is 1.06 bits per heavy atom. The molecule has 0 aromatic heterocycles. The maximum absolute atomic E-state index is 14.4. The Kier molecular flexibility index (Phi) is 6.80. The maximum Gasteiger partial charge on any atom is 0.281 e. The number of amides is 2. The Balaban J connectivity index is 1.79. The number of carbonyl (C=O) groups excluding carboxylic acids is 2. The number of rotatable bonds is 6. The van der Waals surface area contributed by atoms with Crippen LogP contribution in [0.3, 0.4) is 0 Å². The van der Waals surface area contributed by atoms with Gasteiger partial charge in [-0.05, 0) is 18.2 Å². The molecule has 3 aromatic rings. The molecule has 0 bridgehead atoms. The Labute approximate surface area is 201 Å². The van der Waals surface area contributed by atoms with Gasteiger partial charge in [-0.1, -0.05) is 53.7 Å². The molecule has 0 radical (unpaired) electrons. The van der Waals surface area contributed by atoms with E-state index in [1.165, 1.54) is 0 Å². The number of benzene rings is 3. The molecule has 0 saturated heterocycles. The molecule has 0 spiro atoms. The number of ether oxygens (including phenoxy) is 1. The van der Waals surface area contributed by atoms with Crippen molar-refractivity contribution in [2.45, 2.75) is 5.37 Å². The van der Waals surface area contributed by atoms with Crippen LogP contribution >= 0.6 is 23.4 Å². The molecular weight excluding hydrogens is 491 g/mol. The second kappa shape index (κ2) is 9.78. The third kappa shape index (κ3) is 4.87. The summed E-state index contributed by atoms with van der Waals surface area (Å²) < 4.78 is 47.7. The highest BCUT2D eigenvalue weighted by Gasteiger charge is 2.38. The molecule has 6 nitrogen and oxygen atoms in total. The standard InChI is InChI=1S/C23H15ClF3N3O3S/c24-13-7-5-12(6-8-13)21-29-30(22(32)20-16(26)9-14(25)10-17(20)27)23(34-21)15-3-1-2-4-18(15)33-11-19(28)31/h1-10,23H,11H2,(H2,28,31)/t23-/m1/s1. The lowest BCUT2D eigenvalue weighted by molar-refractivity contribution is -0.119. The van der Waals surface area contributed by atoms with Gasteiger partial charge in [0.2, 0.25) is 0 Å². The molecule has 4 rings (SSSR count). The van der Waals surface area contributed by atoms with Gasteiger partial charge in [0, 0.05) is 28.3 Å². The van der Waals surface area contributed by atoms with Gasteiger partial charge in [-0.3, -0.25) is 9.59 Å². The highest BCUT2D eigenvalue weighted by molar-refractivity contribution is 8.14. The molecule has 34 heavy (non-hydrogen) atoms. The van der Waals surface area contributed by atoms with Gasteiger partial charge in [-0.15, -0.1) is 0 Å². The highest BCUT2D eigenvalue weighted by atomic mass is 35.5. The van der Waals surface area contributed by atoms with Crippen molar-refractivity contribution in [3.8, 4) is 5.75 Å². The van der Waals surface area contributed by atoms with E-state index in [-0.39, 0.29) is 5.75 Å². The van der Waals surface area contributed by atoms with Crippen molar-refractivity contribution in [3.63, 3.8) is 0 Å². The minimum atomic E-state index is -1.36. The second-order valence-corrected chi connectivity index (χ2v) is 8.57. The highest BCUT2D eigenvalue weighted by Crippen LogP contribution is 2.45. The lowest BCUT2D eigenvalue weighted by atomic mass is 10.1. The van der Waals surface area contributed by atoms with Crippen molar-refractivity contribution in [1.82, 2.24) is 5.01 Å². The van der Waals surface area contributed by atoms with Crippen molar-refractivity contribution in [2.75, 3.05) is 6.61 Å². The third-order valence-electron chi connectivity index (χ3n) is 4.72. The minimum Gasteiger partial charge on any atom is -0.483 e. The van der Waals surface area contributed by atoms with Crippen molar-refractivity contribution < 1.29 is 27.5 Å². The van der Waals surface area contributed by atoms with E-state index in [1.807, 2.05) is 0 Å². The first-order valence-corrected chi connectivity index (χ1v) is 11.0. The van der Waals surface area contributed by atoms with Crippen LogP contribution in [0.5, 0.6) is 5.75 Å². The molecule has 174 valence electrons. The lowest BCUT2D eigenvalue weighted by Gasteiger charge is -2.23. The Hall–Kier alpha value is -3.50. The van der Waals surface area contributed by atoms with Crippen molar-refractivity contribution in [2.24, 2.45) is 10.8 Å². The normalized spacial score (nSPS) is 15.2. The van der Waals surface area contributed by atoms with Crippen LogP contribution < -0.4 is 10.5 Å². The molecule has 0 aliphatic carbocycles. The quantitative estimate of drug-likeness (QED) is 0.518. The van der Waals surface area contributed by atoms with Crippen LogP contribution in [0.2, 0.25) is 5.02 Å². The average Bonchev–Trinajstić information content (AvgIpc) is 3.23. The first-order valence-electron chi connectivity index (χ1n) is 9.74. The van der Waals surface area contributed by atoms with Gasteiger partial charge in [-0.2, -0.15) is 5.10 Å². The van der Waals surface area contributed by atoms with Crippen LogP contribution in [-0.2, 0) is 4.79 Å². The number of thioether (sulfide) groups is 1. The molecule has 1 atom stereocenters. The topological polar surface area (TPSA) is 85.0 Å². The summed E-state index contributed by atoms with van der Waals surface area (Å²) in [5, 5.41) is 5.12. The molecule has 1 aliphatic heterocycles. The van der Waals surface area contributed by atoms with Crippen LogP contribution in [-0.4, -0.2) is 28.5 Å². The Morgan fingerprint density at radius 3 is 2.35 bits per heavy atom. The monoisotopic (exact) mass is 505 g/mol. The molecule has 11 heteroatoms. The predicted molar refractivity (Wildman–Crippen MR) is 122 cm³/mol. The van der Waals surface area contributed by atoms with Gasteiger partial charge in [0.15, 0.2) is 6.61 Å². The largest absolute Gasteiger partial charge is 0.483 e. The zero-order valence-electron chi connectivity index (χ0n) is 17.2. The summed E-state index contributed by atoms with van der Waals surface area (Å²) in [5.74, 6) is -5.49. The minimum absolute atomic E-state index is 0.226. The van der Waals surface area contributed by atoms with Gasteiger partial charge >= 0.3 is 0 Å². The Bertz CT molecular complexity index is 1280. The molecule has 2 amide bonds. The molecule has 0 unspecified atom stereocenters. The summed E-state index contributed by atoms with van der Waals surface area (Å²) >= 11 is 7.07. The third-order valence-corrected chi connectivity index (χ3v) is 6.19. The van der Waals surface area contributed by atoms with E-state index in [2.05, 4.69) is 5.10 Å². The predicted octanol–water partition coefficient (Wildman–Crippen LogP) is 4.87. The van der Waals surface area contributed by atoms with E-state index in [9.17, 15) is 22.8 Å². The van der Waals surface area contributed by atoms with Crippen molar-refractivity contribution in [3.05, 3.63) is 99.8 Å². The van der Waals surface area contributed by atoms with Crippen molar-refractivity contribution in [1.29, 1.82) is 0 Å². The number of primary amides is 1. The van der Waals surface area contributed by atoms with Crippen molar-refractivity contribution >= 4 is 40.2 Å².